The van der Waals surface area contributed by atoms with Crippen LogP contribution in [0.2, 0.25) is 0 Å². The molecule has 170 valence electrons. The van der Waals surface area contributed by atoms with Gasteiger partial charge in [-0.2, -0.15) is 5.10 Å². The van der Waals surface area contributed by atoms with Crippen LogP contribution in [0.5, 0.6) is 0 Å². The monoisotopic (exact) mass is 460 g/mol. The summed E-state index contributed by atoms with van der Waals surface area (Å²) in [5.74, 6) is -0.420. The second-order valence-corrected chi connectivity index (χ2v) is 10.1. The highest BCUT2D eigenvalue weighted by Crippen LogP contribution is 2.27. The Kier molecular flexibility index (Phi) is 6.49. The van der Waals surface area contributed by atoms with Gasteiger partial charge in [0.1, 0.15) is 11.6 Å². The molecule has 1 N–H and O–H groups in total. The summed E-state index contributed by atoms with van der Waals surface area (Å²) in [5, 5.41) is 7.39. The van der Waals surface area contributed by atoms with E-state index in [1.54, 1.807) is 18.2 Å². The molecule has 0 aliphatic carbocycles. The van der Waals surface area contributed by atoms with Crippen molar-refractivity contribution in [3.63, 3.8) is 0 Å². The van der Waals surface area contributed by atoms with Crippen molar-refractivity contribution in [3.8, 4) is 5.69 Å². The number of halogens is 1. The second kappa shape index (κ2) is 8.81. The van der Waals surface area contributed by atoms with Crippen molar-refractivity contribution >= 4 is 21.7 Å². The molecule has 0 radical (unpaired) electrons. The van der Waals surface area contributed by atoms with Gasteiger partial charge in [-0.3, -0.25) is 9.63 Å². The average molecular weight is 461 g/mol. The molecule has 0 aliphatic rings. The minimum atomic E-state index is -3.82. The molecule has 1 amide bonds. The fourth-order valence-corrected chi connectivity index (χ4v) is 3.80. The zero-order valence-corrected chi connectivity index (χ0v) is 19.3. The van der Waals surface area contributed by atoms with Crippen LogP contribution >= 0.6 is 0 Å². The minimum Gasteiger partial charge on any atom is -0.306 e. The van der Waals surface area contributed by atoms with Crippen LogP contribution < -0.4 is 5.32 Å². The van der Waals surface area contributed by atoms with Gasteiger partial charge in [0.15, 0.2) is 0 Å². The largest absolute Gasteiger partial charge is 0.306 e. The third-order valence-corrected chi connectivity index (χ3v) is 6.49. The van der Waals surface area contributed by atoms with E-state index in [1.807, 2.05) is 20.8 Å². The molecule has 10 heteroatoms. The molecule has 0 saturated carbocycles. The zero-order valence-electron chi connectivity index (χ0n) is 18.5. The lowest BCUT2D eigenvalue weighted by atomic mass is 9.92. The van der Waals surface area contributed by atoms with Crippen LogP contribution in [0.3, 0.4) is 0 Å². The van der Waals surface area contributed by atoms with E-state index in [4.69, 9.17) is 4.84 Å². The van der Waals surface area contributed by atoms with Crippen molar-refractivity contribution in [2.75, 3.05) is 19.5 Å². The molecule has 1 heterocycles. The van der Waals surface area contributed by atoms with Crippen LogP contribution in [0.15, 0.2) is 59.5 Å². The number of hydroxylamine groups is 1. The molecule has 2 aromatic carbocycles. The molecule has 32 heavy (non-hydrogen) atoms. The first-order chi connectivity index (χ1) is 14.9. The van der Waals surface area contributed by atoms with Crippen molar-refractivity contribution in [3.05, 3.63) is 71.7 Å². The van der Waals surface area contributed by atoms with Crippen molar-refractivity contribution in [1.29, 1.82) is 0 Å². The van der Waals surface area contributed by atoms with Crippen LogP contribution in [-0.4, -0.2) is 42.7 Å². The number of rotatable bonds is 6. The number of carbonyl (C=O) groups excluding carboxylic acids is 1. The summed E-state index contributed by atoms with van der Waals surface area (Å²) >= 11 is 0. The van der Waals surface area contributed by atoms with E-state index in [9.17, 15) is 17.6 Å². The molecule has 0 bridgehead atoms. The number of nitrogens with one attached hydrogen (secondary N) is 1. The molecular weight excluding hydrogens is 435 g/mol. The van der Waals surface area contributed by atoms with Gasteiger partial charge >= 0.3 is 0 Å². The molecule has 1 aromatic heterocycles. The van der Waals surface area contributed by atoms with Gasteiger partial charge < -0.3 is 5.32 Å². The number of nitrogens with zero attached hydrogens (tertiary/aromatic N) is 3. The third-order valence-electron chi connectivity index (χ3n) is 4.80. The van der Waals surface area contributed by atoms with Gasteiger partial charge in [-0.1, -0.05) is 25.2 Å². The van der Waals surface area contributed by atoms with Gasteiger partial charge in [0.25, 0.3) is 15.9 Å². The maximum atomic E-state index is 13.4. The summed E-state index contributed by atoms with van der Waals surface area (Å²) < 4.78 is 40.3. The van der Waals surface area contributed by atoms with Gasteiger partial charge in [0.2, 0.25) is 0 Å². The predicted molar refractivity (Wildman–Crippen MR) is 119 cm³/mol. The number of hydrogen-bond donors (Lipinski definition) is 1. The number of aromatic nitrogens is 2. The molecule has 0 aliphatic heterocycles. The van der Waals surface area contributed by atoms with Gasteiger partial charge in [-0.15, -0.1) is 0 Å². The summed E-state index contributed by atoms with van der Waals surface area (Å²) in [6.45, 7) is 5.98. The normalized spacial score (nSPS) is 12.2. The van der Waals surface area contributed by atoms with E-state index in [0.29, 0.717) is 11.5 Å². The van der Waals surface area contributed by atoms with Crippen molar-refractivity contribution < 1.29 is 22.4 Å². The van der Waals surface area contributed by atoms with E-state index < -0.39 is 15.9 Å². The van der Waals surface area contributed by atoms with E-state index in [0.717, 1.165) is 10.2 Å². The van der Waals surface area contributed by atoms with Crippen LogP contribution in [0.4, 0.5) is 10.2 Å². The maximum Gasteiger partial charge on any atom is 0.264 e. The Labute approximate surface area is 186 Å². The van der Waals surface area contributed by atoms with Crippen molar-refractivity contribution in [1.82, 2.24) is 14.2 Å². The summed E-state index contributed by atoms with van der Waals surface area (Å²) in [6.07, 6.45) is 0. The summed E-state index contributed by atoms with van der Waals surface area (Å²) in [7, 11) is -1.29. The fraction of sp³-hybridized carbons (Fsp3) is 0.273. The van der Waals surface area contributed by atoms with Crippen LogP contribution in [0, 0.1) is 5.82 Å². The van der Waals surface area contributed by atoms with Crippen LogP contribution in [-0.2, 0) is 20.3 Å². The lowest BCUT2D eigenvalue weighted by Crippen LogP contribution is -2.25. The van der Waals surface area contributed by atoms with Gasteiger partial charge in [0.05, 0.1) is 23.4 Å². The average Bonchev–Trinajstić information content (AvgIpc) is 3.18. The Morgan fingerprint density at radius 1 is 1.09 bits per heavy atom. The molecule has 0 fully saturated rings. The number of hydrogen-bond acceptors (Lipinski definition) is 5. The smallest absolute Gasteiger partial charge is 0.264 e. The summed E-state index contributed by atoms with van der Waals surface area (Å²) in [4.78, 5) is 17.6. The Bertz CT molecular complexity index is 1210. The Morgan fingerprint density at radius 2 is 1.69 bits per heavy atom. The fourth-order valence-electron chi connectivity index (χ4n) is 2.83. The predicted octanol–water partition coefficient (Wildman–Crippen LogP) is 3.74. The summed E-state index contributed by atoms with van der Waals surface area (Å²) in [6, 6.07) is 13.0. The van der Waals surface area contributed by atoms with Gasteiger partial charge in [-0.25, -0.2) is 17.5 Å². The Morgan fingerprint density at radius 3 is 2.22 bits per heavy atom. The Balaban J connectivity index is 1.92. The minimum absolute atomic E-state index is 0.00947. The number of carbonyl (C=O) groups is 1. The zero-order chi connectivity index (χ0) is 23.7. The van der Waals surface area contributed by atoms with Gasteiger partial charge in [-0.05, 0) is 48.5 Å². The maximum absolute atomic E-state index is 13.4. The molecule has 0 spiro atoms. The lowest BCUT2D eigenvalue weighted by molar-refractivity contribution is -0.0258. The van der Waals surface area contributed by atoms with Crippen molar-refractivity contribution in [2.24, 2.45) is 0 Å². The number of anilines is 1. The molecule has 8 nitrogen and oxygen atoms in total. The number of amides is 1. The topological polar surface area (TPSA) is 93.5 Å². The number of benzene rings is 2. The van der Waals surface area contributed by atoms with E-state index in [2.05, 4.69) is 10.4 Å². The first kappa shape index (κ1) is 23.6. The second-order valence-electron chi connectivity index (χ2n) is 8.13. The van der Waals surface area contributed by atoms with E-state index in [1.165, 1.54) is 55.2 Å². The molecule has 3 rings (SSSR count). The third kappa shape index (κ3) is 4.87. The lowest BCUT2D eigenvalue weighted by Gasteiger charge is -2.14. The Hall–Kier alpha value is -3.08. The quantitative estimate of drug-likeness (QED) is 0.566. The highest BCUT2D eigenvalue weighted by molar-refractivity contribution is 7.89. The number of sulfonamides is 1. The molecule has 0 unspecified atom stereocenters. The van der Waals surface area contributed by atoms with Crippen molar-refractivity contribution in [2.45, 2.75) is 31.1 Å². The van der Waals surface area contributed by atoms with Crippen LogP contribution in [0.25, 0.3) is 5.69 Å². The first-order valence-corrected chi connectivity index (χ1v) is 11.2. The molecular formula is C22H25FN4O4S. The van der Waals surface area contributed by atoms with Gasteiger partial charge in [0, 0.05) is 24.1 Å². The highest BCUT2D eigenvalue weighted by Gasteiger charge is 2.23. The molecule has 0 atom stereocenters. The molecule has 3 aromatic rings. The summed E-state index contributed by atoms with van der Waals surface area (Å²) in [5.41, 5.74) is 1.30. The van der Waals surface area contributed by atoms with E-state index in [-0.39, 0.29) is 21.7 Å². The first-order valence-electron chi connectivity index (χ1n) is 9.74. The molecule has 0 saturated heterocycles. The highest BCUT2D eigenvalue weighted by atomic mass is 32.2. The standard InChI is InChI=1S/C22H25FN4O4S/c1-22(2,3)19-14-20(27(25-19)17-10-8-16(23)9-11-17)24-21(28)15-6-12-18(13-7-15)32(29,30)26(4)31-5/h6-14H,1-5H3,(H,24,28). The van der Waals surface area contributed by atoms with Crippen LogP contribution in [0.1, 0.15) is 36.8 Å². The SMILES string of the molecule is CON(C)S(=O)(=O)c1ccc(C(=O)Nc2cc(C(C)(C)C)nn2-c2ccc(F)cc2)cc1. The van der Waals surface area contributed by atoms with E-state index >= 15 is 0 Å².